The molecule has 4 N–H and O–H groups in total. The maximum absolute atomic E-state index is 14.2. The molecular formula is C98H116F2N22O10. The Morgan fingerprint density at radius 3 is 1.22 bits per heavy atom. The number of para-hydroxylation sites is 1. The fourth-order valence-electron chi connectivity index (χ4n) is 18.5. The summed E-state index contributed by atoms with van der Waals surface area (Å²) in [6.07, 6.45) is 11.4. The van der Waals surface area contributed by atoms with Gasteiger partial charge in [0.25, 0.3) is 0 Å². The Bertz CT molecular complexity index is 5690. The molecule has 12 heterocycles. The highest BCUT2D eigenvalue weighted by Crippen LogP contribution is 2.42. The normalized spacial score (nSPS) is 17.2. The van der Waals surface area contributed by atoms with Crippen LogP contribution in [0.3, 0.4) is 0 Å². The number of phenolic OH excluding ortho intramolecular Hbond substituents is 4. The number of carbonyl (C=O) groups excluding carboxylic acids is 4. The van der Waals surface area contributed by atoms with Gasteiger partial charge >= 0.3 is 12.0 Å². The molecule has 6 aromatic carbocycles. The van der Waals surface area contributed by atoms with E-state index < -0.39 is 5.82 Å². The first-order chi connectivity index (χ1) is 63.8. The van der Waals surface area contributed by atoms with E-state index >= 15 is 0 Å². The summed E-state index contributed by atoms with van der Waals surface area (Å²) in [5, 5.41) is 44.8. The summed E-state index contributed by atoms with van der Waals surface area (Å²) in [7, 11) is 8.02. The van der Waals surface area contributed by atoms with E-state index in [1.54, 1.807) is 21.9 Å². The second-order valence-corrected chi connectivity index (χ2v) is 34.5. The van der Waals surface area contributed by atoms with Crippen LogP contribution >= 0.6 is 0 Å². The molecule has 10 aromatic rings. The Balaban J connectivity index is 0.000000136. The molecule has 0 radical (unpaired) electrons. The molecule has 0 unspecified atom stereocenters. The molecule has 18 rings (SSSR count). The van der Waals surface area contributed by atoms with Gasteiger partial charge in [-0.1, -0.05) is 80.9 Å². The number of anilines is 8. The second-order valence-electron chi connectivity index (χ2n) is 34.5. The average Bonchev–Trinajstić information content (AvgIpc) is 0.769. The van der Waals surface area contributed by atoms with Crippen molar-refractivity contribution in [2.24, 2.45) is 0 Å². The van der Waals surface area contributed by atoms with Crippen molar-refractivity contribution in [3.63, 3.8) is 0 Å². The largest absolute Gasteiger partial charge is 0.508 e. The van der Waals surface area contributed by atoms with Gasteiger partial charge in [0.15, 0.2) is 0 Å². The lowest BCUT2D eigenvalue weighted by Gasteiger charge is -2.41. The number of halogens is 2. The summed E-state index contributed by atoms with van der Waals surface area (Å²) < 4.78 is 40.5. The van der Waals surface area contributed by atoms with Crippen LogP contribution in [0.4, 0.5) is 54.8 Å². The number of aromatic nitrogens is 8. The summed E-state index contributed by atoms with van der Waals surface area (Å²) in [6, 6.07) is 32.7. The van der Waals surface area contributed by atoms with Crippen molar-refractivity contribution in [3.05, 3.63) is 229 Å². The first-order valence-electron chi connectivity index (χ1n) is 44.9. The smallest absolute Gasteiger partial charge is 0.318 e. The third-order valence-corrected chi connectivity index (χ3v) is 25.3. The number of phenols is 4. The molecule has 34 heteroatoms. The van der Waals surface area contributed by atoms with E-state index in [0.29, 0.717) is 175 Å². The Labute approximate surface area is 767 Å². The summed E-state index contributed by atoms with van der Waals surface area (Å²) in [5.74, 6) is 3.06. The molecule has 0 aliphatic carbocycles. The number of amides is 4. The van der Waals surface area contributed by atoms with E-state index in [1.807, 2.05) is 96.3 Å². The van der Waals surface area contributed by atoms with Crippen LogP contribution in [0.15, 0.2) is 172 Å². The number of piperazine rings is 4. The Kier molecular flexibility index (Phi) is 29.4. The Hall–Kier alpha value is -14.0. The van der Waals surface area contributed by atoms with Crippen LogP contribution in [0.2, 0.25) is 0 Å². The maximum atomic E-state index is 14.2. The molecule has 692 valence electrons. The number of carbonyl (C=O) groups is 4. The molecule has 4 aromatic heterocycles. The average molecular weight is 1800 g/mol. The third-order valence-electron chi connectivity index (χ3n) is 25.3. The molecule has 0 saturated carbocycles. The molecule has 8 aliphatic heterocycles. The van der Waals surface area contributed by atoms with Crippen molar-refractivity contribution < 1.29 is 57.9 Å². The number of nitrogens with zero attached hydrogens (tertiary/aromatic N) is 22. The fraction of sp³-hybridized carbons (Fsp3) is 0.388. The van der Waals surface area contributed by atoms with Crippen LogP contribution in [0.1, 0.15) is 58.9 Å². The van der Waals surface area contributed by atoms with Gasteiger partial charge in [-0.15, -0.1) is 0 Å². The number of ether oxygens (including phenoxy) is 2. The van der Waals surface area contributed by atoms with Crippen LogP contribution in [-0.4, -0.2) is 298 Å². The number of rotatable bonds is 20. The maximum Gasteiger partial charge on any atom is 0.318 e. The molecule has 0 spiro atoms. The summed E-state index contributed by atoms with van der Waals surface area (Å²) in [4.78, 5) is 114. The van der Waals surface area contributed by atoms with Gasteiger partial charge in [-0.2, -0.15) is 19.9 Å². The lowest BCUT2D eigenvalue weighted by Crippen LogP contribution is -2.54. The predicted octanol–water partition coefficient (Wildman–Crippen LogP) is 9.56. The summed E-state index contributed by atoms with van der Waals surface area (Å²) in [5.41, 5.74) is 10.5. The number of hydrogen-bond acceptors (Lipinski definition) is 28. The molecule has 0 bridgehead atoms. The van der Waals surface area contributed by atoms with E-state index in [4.69, 9.17) is 29.4 Å². The van der Waals surface area contributed by atoms with E-state index in [-0.39, 0.29) is 70.2 Å². The molecule has 132 heavy (non-hydrogen) atoms. The van der Waals surface area contributed by atoms with Gasteiger partial charge in [-0.3, -0.25) is 19.2 Å². The van der Waals surface area contributed by atoms with Crippen molar-refractivity contribution in [3.8, 4) is 35.0 Å². The van der Waals surface area contributed by atoms with Gasteiger partial charge in [0, 0.05) is 206 Å². The van der Waals surface area contributed by atoms with Crippen LogP contribution in [0.5, 0.6) is 35.0 Å². The van der Waals surface area contributed by atoms with E-state index in [0.717, 1.165) is 140 Å². The van der Waals surface area contributed by atoms with Crippen LogP contribution < -0.4 is 48.7 Å². The lowest BCUT2D eigenvalue weighted by molar-refractivity contribution is -0.129. The summed E-state index contributed by atoms with van der Waals surface area (Å²) >= 11 is 0. The highest BCUT2D eigenvalue weighted by Gasteiger charge is 2.37. The number of benzene rings is 6. The van der Waals surface area contributed by atoms with E-state index in [2.05, 4.69) is 111 Å². The van der Waals surface area contributed by atoms with Gasteiger partial charge in [0.1, 0.15) is 89.5 Å². The molecule has 4 saturated heterocycles. The summed E-state index contributed by atoms with van der Waals surface area (Å²) in [6.45, 7) is 35.1. The molecule has 2 atom stereocenters. The molecule has 8 aliphatic rings. The van der Waals surface area contributed by atoms with Gasteiger partial charge < -0.3 is 98.5 Å². The zero-order valence-corrected chi connectivity index (χ0v) is 75.9. The van der Waals surface area contributed by atoms with Crippen molar-refractivity contribution in [1.29, 1.82) is 0 Å². The van der Waals surface area contributed by atoms with Crippen LogP contribution in [0, 0.1) is 11.6 Å². The first kappa shape index (κ1) is 92.7. The standard InChI is InChI=1S/2C29H36N6O3.2C20H22FN5O2/c2*1-5-27(37)35-13-12-34(18-20(35)2)28-24-10-11-33(19-25(24)30-29(31-28)38-15-14-32(3)4)26-17-22(36)16-21-8-6-7-9-23(21)26;1-2-19(28)24-7-9-25(10-8-24)20-15-5-6-26(12-17(15)22-13-23-20)18-11-14(27)3-4-16(18)21;1-2-18(28)24-8-10-25(11-9-24)20-14-6-7-26(12-16(14)22-13-23-20)19-15(21)4-3-5-17(19)27/h2*5-9,16-17,20,36H,1,10-15,18-19H2,2-4H3;2-4,11,13,27H,1,5-10,12H2;2-5,13,27H,1,6-12H2/t2*20-;;/m10../s1. The topological polar surface area (TPSA) is 316 Å². The molecule has 4 fully saturated rings. The fourth-order valence-corrected chi connectivity index (χ4v) is 18.5. The molecular weight excluding hydrogens is 1680 g/mol. The van der Waals surface area contributed by atoms with Gasteiger partial charge in [-0.25, -0.2) is 28.7 Å². The van der Waals surface area contributed by atoms with Crippen LogP contribution in [-0.2, 0) is 71.0 Å². The number of likely N-dealkylation sites (N-methyl/N-ethyl adjacent to an activating group) is 2. The Morgan fingerprint density at radius 2 is 0.795 bits per heavy atom. The highest BCUT2D eigenvalue weighted by atomic mass is 19.1. The van der Waals surface area contributed by atoms with E-state index in [1.165, 1.54) is 73.4 Å². The minimum Gasteiger partial charge on any atom is -0.508 e. The predicted molar refractivity (Wildman–Crippen MR) is 508 cm³/mol. The molecule has 32 nitrogen and oxygen atoms in total. The van der Waals surface area contributed by atoms with Crippen molar-refractivity contribution in [2.45, 2.75) is 77.8 Å². The lowest BCUT2D eigenvalue weighted by atomic mass is 10.0. The number of aromatic hydroxyl groups is 4. The van der Waals surface area contributed by atoms with E-state index in [9.17, 15) is 48.4 Å². The van der Waals surface area contributed by atoms with Gasteiger partial charge in [0.05, 0.1) is 54.6 Å². The van der Waals surface area contributed by atoms with Gasteiger partial charge in [-0.05, 0) is 139 Å². The number of fused-ring (bicyclic) bond motifs is 6. The van der Waals surface area contributed by atoms with Crippen molar-refractivity contribution in [2.75, 3.05) is 211 Å². The highest BCUT2D eigenvalue weighted by molar-refractivity contribution is 5.97. The number of hydrogen-bond donors (Lipinski definition) is 4. The van der Waals surface area contributed by atoms with Crippen molar-refractivity contribution in [1.82, 2.24) is 69.3 Å². The molecule has 4 amide bonds. The van der Waals surface area contributed by atoms with Crippen molar-refractivity contribution >= 4 is 91.2 Å². The minimum atomic E-state index is -0.444. The first-order valence-corrected chi connectivity index (χ1v) is 44.9. The third kappa shape index (κ3) is 21.2. The Morgan fingerprint density at radius 1 is 0.402 bits per heavy atom. The van der Waals surface area contributed by atoms with Gasteiger partial charge in [0.2, 0.25) is 23.6 Å². The second kappa shape index (κ2) is 41.8. The van der Waals surface area contributed by atoms with Crippen LogP contribution in [0.25, 0.3) is 21.5 Å². The monoisotopic (exact) mass is 1800 g/mol. The zero-order chi connectivity index (χ0) is 93.0. The minimum absolute atomic E-state index is 0.0384. The SMILES string of the molecule is C=CC(=O)N1CCN(c2nc(OCCN(C)C)nc3c2CCN(c2cc(O)cc4ccccc24)C3)C[C@@H]1C.C=CC(=O)N1CCN(c2nc(OCCN(C)C)nc3c2CCN(c2cc(O)cc4ccccc24)C3)C[C@H]1C.C=CC(=O)N1CCN(c2ncnc3c2CCN(c2c(O)cccc2F)C3)CC1.C=CC(=O)N1CCN(c2ncnc3c2CCN(c2cc(O)ccc2F)C3)CC1. The quantitative estimate of drug-likeness (QED) is 0.0516. The zero-order valence-electron chi connectivity index (χ0n) is 75.9.